The maximum atomic E-state index is 12.9. The molecule has 0 aliphatic carbocycles. The van der Waals surface area contributed by atoms with E-state index in [-0.39, 0.29) is 16.9 Å². The molecule has 20 heavy (non-hydrogen) atoms. The number of amides is 1. The molecule has 0 unspecified atom stereocenters. The fraction of sp³-hybridized carbons (Fsp3) is 0.250. The molecular formula is C12H13F2N5O. The van der Waals surface area contributed by atoms with Gasteiger partial charge in [-0.05, 0) is 12.1 Å². The van der Waals surface area contributed by atoms with Gasteiger partial charge in [-0.1, -0.05) is 0 Å². The van der Waals surface area contributed by atoms with Crippen LogP contribution in [0.25, 0.3) is 0 Å². The van der Waals surface area contributed by atoms with Crippen LogP contribution < -0.4 is 10.6 Å². The van der Waals surface area contributed by atoms with Crippen LogP contribution in [0.4, 0.5) is 20.3 Å². The van der Waals surface area contributed by atoms with Gasteiger partial charge in [0.15, 0.2) is 0 Å². The molecule has 0 atom stereocenters. The first-order valence-electron chi connectivity index (χ1n) is 5.78. The van der Waals surface area contributed by atoms with Gasteiger partial charge in [-0.15, -0.1) is 0 Å². The third-order valence-corrected chi connectivity index (χ3v) is 2.73. The van der Waals surface area contributed by atoms with Gasteiger partial charge in [-0.25, -0.2) is 13.8 Å². The van der Waals surface area contributed by atoms with Crippen LogP contribution in [0, 0.1) is 0 Å². The number of alkyl halides is 2. The van der Waals surface area contributed by atoms with E-state index in [9.17, 15) is 13.6 Å². The van der Waals surface area contributed by atoms with E-state index >= 15 is 0 Å². The van der Waals surface area contributed by atoms with Crippen LogP contribution in [0.1, 0.15) is 22.5 Å². The Kier molecular flexibility index (Phi) is 3.92. The van der Waals surface area contributed by atoms with E-state index in [0.29, 0.717) is 5.82 Å². The molecular weight excluding hydrogens is 268 g/mol. The quantitative estimate of drug-likeness (QED) is 0.899. The van der Waals surface area contributed by atoms with Gasteiger partial charge >= 0.3 is 0 Å². The summed E-state index contributed by atoms with van der Waals surface area (Å²) in [5.74, 6) is -0.162. The number of halogens is 2. The van der Waals surface area contributed by atoms with Crippen molar-refractivity contribution in [3.05, 3.63) is 35.8 Å². The van der Waals surface area contributed by atoms with Crippen molar-refractivity contribution in [3.63, 3.8) is 0 Å². The maximum Gasteiger partial charge on any atom is 0.282 e. The zero-order valence-corrected chi connectivity index (χ0v) is 10.9. The van der Waals surface area contributed by atoms with Crippen molar-refractivity contribution in [1.29, 1.82) is 0 Å². The van der Waals surface area contributed by atoms with Crippen molar-refractivity contribution >= 4 is 17.4 Å². The molecule has 106 valence electrons. The molecule has 6 nitrogen and oxygen atoms in total. The third kappa shape index (κ3) is 2.58. The highest BCUT2D eigenvalue weighted by Gasteiger charge is 2.21. The summed E-state index contributed by atoms with van der Waals surface area (Å²) in [6.07, 6.45) is -0.0121. The first kappa shape index (κ1) is 13.9. The Morgan fingerprint density at radius 3 is 2.85 bits per heavy atom. The molecule has 0 aliphatic heterocycles. The van der Waals surface area contributed by atoms with Gasteiger partial charge in [0.05, 0.1) is 17.4 Å². The lowest BCUT2D eigenvalue weighted by atomic mass is 10.2. The van der Waals surface area contributed by atoms with Gasteiger partial charge in [0.2, 0.25) is 0 Å². The molecule has 0 radical (unpaired) electrons. The van der Waals surface area contributed by atoms with Crippen molar-refractivity contribution in [2.45, 2.75) is 6.43 Å². The highest BCUT2D eigenvalue weighted by Crippen LogP contribution is 2.26. The fourth-order valence-corrected chi connectivity index (χ4v) is 1.78. The lowest BCUT2D eigenvalue weighted by Crippen LogP contribution is -2.15. The number of carbonyl (C=O) groups excluding carboxylic acids is 1. The van der Waals surface area contributed by atoms with E-state index < -0.39 is 12.3 Å². The van der Waals surface area contributed by atoms with Crippen LogP contribution in [-0.4, -0.2) is 27.7 Å². The molecule has 0 aromatic carbocycles. The van der Waals surface area contributed by atoms with Crippen LogP contribution >= 0.6 is 0 Å². The minimum Gasteiger partial charge on any atom is -0.372 e. The maximum absolute atomic E-state index is 12.9. The fourth-order valence-electron chi connectivity index (χ4n) is 1.78. The minimum absolute atomic E-state index is 0.0154. The summed E-state index contributed by atoms with van der Waals surface area (Å²) in [5.41, 5.74) is -0.0919. The third-order valence-electron chi connectivity index (χ3n) is 2.73. The number of pyridine rings is 1. The number of aromatic nitrogens is 3. The number of aryl methyl sites for hydroxylation is 1. The summed E-state index contributed by atoms with van der Waals surface area (Å²) in [4.78, 5) is 16.1. The van der Waals surface area contributed by atoms with Crippen LogP contribution in [0.2, 0.25) is 0 Å². The summed E-state index contributed by atoms with van der Waals surface area (Å²) >= 11 is 0. The average Bonchev–Trinajstić information content (AvgIpc) is 2.79. The van der Waals surface area contributed by atoms with Crippen molar-refractivity contribution in [2.24, 2.45) is 7.05 Å². The number of nitrogens with one attached hydrogen (secondary N) is 2. The smallest absolute Gasteiger partial charge is 0.282 e. The zero-order valence-electron chi connectivity index (χ0n) is 10.9. The molecule has 1 amide bonds. The highest BCUT2D eigenvalue weighted by atomic mass is 19.3. The molecule has 2 aromatic rings. The SMILES string of the molecule is CNc1ncccc1C(=O)Nc1cnn(C)c1C(F)F. The molecule has 0 fully saturated rings. The Labute approximate surface area is 113 Å². The number of rotatable bonds is 4. The first-order valence-corrected chi connectivity index (χ1v) is 5.78. The van der Waals surface area contributed by atoms with Crippen LogP contribution in [0.3, 0.4) is 0 Å². The molecule has 0 bridgehead atoms. The largest absolute Gasteiger partial charge is 0.372 e. The van der Waals surface area contributed by atoms with Gasteiger partial charge in [-0.2, -0.15) is 5.10 Å². The molecule has 8 heteroatoms. The van der Waals surface area contributed by atoms with Crippen molar-refractivity contribution in [2.75, 3.05) is 17.7 Å². The summed E-state index contributed by atoms with van der Waals surface area (Å²) in [5, 5.41) is 8.90. The standard InChI is InChI=1S/C12H13F2N5O/c1-15-11-7(4-3-5-16-11)12(20)18-8-6-17-19(2)9(8)10(13)14/h3-6,10H,1-2H3,(H,15,16)(H,18,20). The molecule has 0 aliphatic rings. The molecule has 2 N–H and O–H groups in total. The summed E-state index contributed by atoms with van der Waals surface area (Å²) in [7, 11) is 3.01. The van der Waals surface area contributed by atoms with E-state index in [1.165, 1.54) is 19.4 Å². The second kappa shape index (κ2) is 5.64. The Balaban J connectivity index is 2.28. The second-order valence-electron chi connectivity index (χ2n) is 3.97. The minimum atomic E-state index is -2.73. The number of hydrogen-bond acceptors (Lipinski definition) is 4. The van der Waals surface area contributed by atoms with E-state index in [0.717, 1.165) is 4.68 Å². The lowest BCUT2D eigenvalue weighted by Gasteiger charge is -2.09. The van der Waals surface area contributed by atoms with E-state index in [1.807, 2.05) is 0 Å². The number of anilines is 2. The van der Waals surface area contributed by atoms with Crippen LogP contribution in [0.15, 0.2) is 24.5 Å². The zero-order chi connectivity index (χ0) is 14.7. The molecule has 2 aromatic heterocycles. The number of hydrogen-bond donors (Lipinski definition) is 2. The average molecular weight is 281 g/mol. The van der Waals surface area contributed by atoms with Gasteiger partial charge < -0.3 is 10.6 Å². The van der Waals surface area contributed by atoms with E-state index in [1.54, 1.807) is 19.2 Å². The Morgan fingerprint density at radius 1 is 1.45 bits per heavy atom. The van der Waals surface area contributed by atoms with Gasteiger partial charge in [-0.3, -0.25) is 9.48 Å². The summed E-state index contributed by atoms with van der Waals surface area (Å²) in [6.45, 7) is 0. The monoisotopic (exact) mass is 281 g/mol. The van der Waals surface area contributed by atoms with Crippen molar-refractivity contribution in [3.8, 4) is 0 Å². The summed E-state index contributed by atoms with van der Waals surface area (Å²) in [6, 6.07) is 3.14. The molecule has 0 saturated heterocycles. The lowest BCUT2D eigenvalue weighted by molar-refractivity contribution is 0.102. The Morgan fingerprint density at radius 2 is 2.20 bits per heavy atom. The normalized spacial score (nSPS) is 10.7. The topological polar surface area (TPSA) is 71.8 Å². The molecule has 0 spiro atoms. The Bertz CT molecular complexity index is 626. The van der Waals surface area contributed by atoms with Crippen LogP contribution in [0.5, 0.6) is 0 Å². The highest BCUT2D eigenvalue weighted by molar-refractivity contribution is 6.07. The predicted octanol–water partition coefficient (Wildman–Crippen LogP) is 2.05. The molecule has 2 rings (SSSR count). The van der Waals surface area contributed by atoms with E-state index in [2.05, 4.69) is 20.7 Å². The number of carbonyl (C=O) groups is 1. The van der Waals surface area contributed by atoms with Gasteiger partial charge in [0.1, 0.15) is 11.5 Å². The Hall–Kier alpha value is -2.51. The van der Waals surface area contributed by atoms with Crippen molar-refractivity contribution in [1.82, 2.24) is 14.8 Å². The number of nitrogens with zero attached hydrogens (tertiary/aromatic N) is 3. The van der Waals surface area contributed by atoms with Gasteiger partial charge in [0.25, 0.3) is 12.3 Å². The van der Waals surface area contributed by atoms with Gasteiger partial charge in [0, 0.05) is 20.3 Å². The molecule has 0 saturated carbocycles. The summed E-state index contributed by atoms with van der Waals surface area (Å²) < 4.78 is 26.8. The second-order valence-corrected chi connectivity index (χ2v) is 3.97. The predicted molar refractivity (Wildman–Crippen MR) is 69.9 cm³/mol. The molecule has 2 heterocycles. The van der Waals surface area contributed by atoms with Crippen molar-refractivity contribution < 1.29 is 13.6 Å². The first-order chi connectivity index (χ1) is 9.54. The van der Waals surface area contributed by atoms with Crippen LogP contribution in [-0.2, 0) is 7.05 Å². The van der Waals surface area contributed by atoms with E-state index in [4.69, 9.17) is 0 Å².